The molecule has 0 atom stereocenters. The van der Waals surface area contributed by atoms with Gasteiger partial charge in [0.15, 0.2) is 0 Å². The second kappa shape index (κ2) is 6.05. The molecule has 19 heavy (non-hydrogen) atoms. The molecule has 0 aromatic heterocycles. The Hall–Kier alpha value is -1.57. The van der Waals surface area contributed by atoms with E-state index in [0.717, 1.165) is 26.3 Å². The summed E-state index contributed by atoms with van der Waals surface area (Å²) >= 11 is 0. The van der Waals surface area contributed by atoms with E-state index in [2.05, 4.69) is 24.8 Å². The van der Waals surface area contributed by atoms with Gasteiger partial charge >= 0.3 is 0 Å². The van der Waals surface area contributed by atoms with E-state index in [0.29, 0.717) is 17.9 Å². The monoisotopic (exact) mass is 260 g/mol. The highest BCUT2D eigenvalue weighted by molar-refractivity contribution is 5.42. The van der Waals surface area contributed by atoms with Gasteiger partial charge in [0.25, 0.3) is 0 Å². The summed E-state index contributed by atoms with van der Waals surface area (Å²) < 4.78 is 11.2. The van der Waals surface area contributed by atoms with Crippen molar-refractivity contribution in [3.05, 3.63) is 29.8 Å². The fourth-order valence-corrected chi connectivity index (χ4v) is 2.26. The lowest BCUT2D eigenvalue weighted by molar-refractivity contribution is -0.0547. The Morgan fingerprint density at radius 1 is 1.42 bits per heavy atom. The molecule has 0 bridgehead atoms. The maximum Gasteiger partial charge on any atom is 0.137 e. The Labute approximate surface area is 114 Å². The van der Waals surface area contributed by atoms with Crippen molar-refractivity contribution < 1.29 is 9.47 Å². The van der Waals surface area contributed by atoms with Gasteiger partial charge in [-0.3, -0.25) is 4.90 Å². The first-order chi connectivity index (χ1) is 9.13. The third-order valence-corrected chi connectivity index (χ3v) is 3.44. The standard InChI is InChI=1S/C15H20N2O2/c1-15(2)12-18-9-7-17(15)8-10-19-14-6-4-3-5-13(14)11-16/h3-6H,7-10,12H2,1-2H3. The van der Waals surface area contributed by atoms with Gasteiger partial charge in [0.05, 0.1) is 18.8 Å². The molecule has 2 rings (SSSR count). The average Bonchev–Trinajstić information content (AvgIpc) is 2.41. The van der Waals surface area contributed by atoms with Gasteiger partial charge in [-0.15, -0.1) is 0 Å². The van der Waals surface area contributed by atoms with Crippen molar-refractivity contribution in [2.24, 2.45) is 0 Å². The maximum atomic E-state index is 8.99. The quantitative estimate of drug-likeness (QED) is 0.831. The van der Waals surface area contributed by atoms with Crippen molar-refractivity contribution in [2.75, 3.05) is 32.9 Å². The second-order valence-electron chi connectivity index (χ2n) is 5.31. The Kier molecular flexibility index (Phi) is 4.41. The predicted molar refractivity (Wildman–Crippen MR) is 73.1 cm³/mol. The third-order valence-electron chi connectivity index (χ3n) is 3.44. The van der Waals surface area contributed by atoms with Crippen LogP contribution in [-0.4, -0.2) is 43.3 Å². The highest BCUT2D eigenvalue weighted by Crippen LogP contribution is 2.20. The zero-order valence-corrected chi connectivity index (χ0v) is 11.6. The summed E-state index contributed by atoms with van der Waals surface area (Å²) in [6.07, 6.45) is 0. The smallest absolute Gasteiger partial charge is 0.137 e. The number of para-hydroxylation sites is 1. The minimum atomic E-state index is 0.0519. The van der Waals surface area contributed by atoms with Crippen molar-refractivity contribution in [3.8, 4) is 11.8 Å². The molecule has 1 fully saturated rings. The van der Waals surface area contributed by atoms with Crippen LogP contribution in [0.3, 0.4) is 0 Å². The summed E-state index contributed by atoms with van der Waals surface area (Å²) in [6.45, 7) is 8.24. The molecule has 1 saturated heterocycles. The summed E-state index contributed by atoms with van der Waals surface area (Å²) in [7, 11) is 0. The largest absolute Gasteiger partial charge is 0.491 e. The van der Waals surface area contributed by atoms with E-state index in [1.165, 1.54) is 0 Å². The van der Waals surface area contributed by atoms with Crippen molar-refractivity contribution in [3.63, 3.8) is 0 Å². The lowest BCUT2D eigenvalue weighted by Gasteiger charge is -2.41. The molecule has 4 heteroatoms. The summed E-state index contributed by atoms with van der Waals surface area (Å²) in [5, 5.41) is 8.99. The number of rotatable bonds is 4. The summed E-state index contributed by atoms with van der Waals surface area (Å²) in [5.41, 5.74) is 0.639. The van der Waals surface area contributed by atoms with Crippen LogP contribution in [0.25, 0.3) is 0 Å². The number of ether oxygens (including phenoxy) is 2. The van der Waals surface area contributed by atoms with Crippen LogP contribution in [-0.2, 0) is 4.74 Å². The minimum Gasteiger partial charge on any atom is -0.491 e. The molecule has 0 unspecified atom stereocenters. The van der Waals surface area contributed by atoms with Gasteiger partial charge in [-0.2, -0.15) is 5.26 Å². The van der Waals surface area contributed by atoms with Gasteiger partial charge < -0.3 is 9.47 Å². The lowest BCUT2D eigenvalue weighted by Crippen LogP contribution is -2.54. The van der Waals surface area contributed by atoms with E-state index >= 15 is 0 Å². The van der Waals surface area contributed by atoms with Crippen LogP contribution in [0.5, 0.6) is 5.75 Å². The molecule has 0 amide bonds. The number of nitriles is 1. The molecule has 0 spiro atoms. The number of morpholine rings is 1. The van der Waals surface area contributed by atoms with Crippen LogP contribution >= 0.6 is 0 Å². The molecule has 0 aliphatic carbocycles. The van der Waals surface area contributed by atoms with Gasteiger partial charge in [-0.1, -0.05) is 12.1 Å². The Bertz CT molecular complexity index is 465. The molecular weight excluding hydrogens is 240 g/mol. The van der Waals surface area contributed by atoms with Gasteiger partial charge in [0.2, 0.25) is 0 Å². The fraction of sp³-hybridized carbons (Fsp3) is 0.533. The zero-order chi connectivity index (χ0) is 13.7. The average molecular weight is 260 g/mol. The Morgan fingerprint density at radius 2 is 2.21 bits per heavy atom. The topological polar surface area (TPSA) is 45.5 Å². The first kappa shape index (κ1) is 13.9. The predicted octanol–water partition coefficient (Wildman–Crippen LogP) is 2.05. The van der Waals surface area contributed by atoms with Gasteiger partial charge in [-0.05, 0) is 26.0 Å². The minimum absolute atomic E-state index is 0.0519. The first-order valence-corrected chi connectivity index (χ1v) is 6.58. The SMILES string of the molecule is CC1(C)COCCN1CCOc1ccccc1C#N. The van der Waals surface area contributed by atoms with Crippen LogP contribution in [0.2, 0.25) is 0 Å². The summed E-state index contributed by atoms with van der Waals surface area (Å²) in [4.78, 5) is 2.37. The zero-order valence-electron chi connectivity index (χ0n) is 11.6. The van der Waals surface area contributed by atoms with Crippen LogP contribution in [0.1, 0.15) is 19.4 Å². The highest BCUT2D eigenvalue weighted by atomic mass is 16.5. The molecule has 0 saturated carbocycles. The lowest BCUT2D eigenvalue weighted by atomic mass is 10.0. The van der Waals surface area contributed by atoms with Crippen LogP contribution in [0.4, 0.5) is 0 Å². The first-order valence-electron chi connectivity index (χ1n) is 6.58. The van der Waals surface area contributed by atoms with Crippen molar-refractivity contribution in [1.82, 2.24) is 4.90 Å². The molecule has 1 heterocycles. The van der Waals surface area contributed by atoms with Gasteiger partial charge in [0.1, 0.15) is 18.4 Å². The summed E-state index contributed by atoms with van der Waals surface area (Å²) in [6, 6.07) is 9.48. The van der Waals surface area contributed by atoms with Gasteiger partial charge in [-0.25, -0.2) is 0 Å². The van der Waals surface area contributed by atoms with E-state index in [4.69, 9.17) is 14.7 Å². The number of hydrogen-bond acceptors (Lipinski definition) is 4. The number of nitrogens with zero attached hydrogens (tertiary/aromatic N) is 2. The molecule has 0 N–H and O–H groups in total. The molecule has 1 aromatic rings. The van der Waals surface area contributed by atoms with Gasteiger partial charge in [0, 0.05) is 18.6 Å². The van der Waals surface area contributed by atoms with Crippen LogP contribution in [0.15, 0.2) is 24.3 Å². The van der Waals surface area contributed by atoms with E-state index in [9.17, 15) is 0 Å². The van der Waals surface area contributed by atoms with Crippen molar-refractivity contribution in [1.29, 1.82) is 5.26 Å². The molecule has 4 nitrogen and oxygen atoms in total. The van der Waals surface area contributed by atoms with E-state index in [1.54, 1.807) is 6.07 Å². The molecule has 102 valence electrons. The Balaban J connectivity index is 1.88. The van der Waals surface area contributed by atoms with E-state index in [-0.39, 0.29) is 5.54 Å². The molecule has 0 radical (unpaired) electrons. The molecular formula is C15H20N2O2. The van der Waals surface area contributed by atoms with Crippen LogP contribution < -0.4 is 4.74 Å². The van der Waals surface area contributed by atoms with Crippen LogP contribution in [0, 0.1) is 11.3 Å². The number of benzene rings is 1. The van der Waals surface area contributed by atoms with Crippen molar-refractivity contribution >= 4 is 0 Å². The Morgan fingerprint density at radius 3 is 2.95 bits per heavy atom. The fourth-order valence-electron chi connectivity index (χ4n) is 2.26. The van der Waals surface area contributed by atoms with E-state index in [1.807, 2.05) is 18.2 Å². The summed E-state index contributed by atoms with van der Waals surface area (Å²) in [5.74, 6) is 0.663. The second-order valence-corrected chi connectivity index (χ2v) is 5.31. The maximum absolute atomic E-state index is 8.99. The molecule has 1 aromatic carbocycles. The van der Waals surface area contributed by atoms with E-state index < -0.39 is 0 Å². The van der Waals surface area contributed by atoms with Crippen molar-refractivity contribution in [2.45, 2.75) is 19.4 Å². The molecule has 1 aliphatic heterocycles. The third kappa shape index (κ3) is 3.46. The highest BCUT2D eigenvalue weighted by Gasteiger charge is 2.29. The molecule has 1 aliphatic rings. The number of hydrogen-bond donors (Lipinski definition) is 0. The normalized spacial score (nSPS) is 18.8.